The molecule has 0 radical (unpaired) electrons. The van der Waals surface area contributed by atoms with Gasteiger partial charge in [0.2, 0.25) is 0 Å². The van der Waals surface area contributed by atoms with E-state index in [9.17, 15) is 24.6 Å². The summed E-state index contributed by atoms with van der Waals surface area (Å²) in [6, 6.07) is 11.0. The Morgan fingerprint density at radius 1 is 0.933 bits per heavy atom. The minimum atomic E-state index is -0.636. The number of nitrogens with one attached hydrogen (secondary N) is 1. The lowest BCUT2D eigenvalue weighted by molar-refractivity contribution is -0.385. The second-order valence-electron chi connectivity index (χ2n) is 5.24. The highest BCUT2D eigenvalue weighted by molar-refractivity contribution is 5.42. The number of H-pyrrole nitrogens is 1. The molecule has 0 atom stereocenters. The van der Waals surface area contributed by atoms with Crippen LogP contribution in [0.15, 0.2) is 86.0 Å². The van der Waals surface area contributed by atoms with Gasteiger partial charge in [0.15, 0.2) is 0 Å². The first-order chi connectivity index (χ1) is 14.0. The summed E-state index contributed by atoms with van der Waals surface area (Å²) in [6.45, 7) is 0. The van der Waals surface area contributed by atoms with Crippen LogP contribution in [0.25, 0.3) is 5.69 Å². The fourth-order valence-electron chi connectivity index (χ4n) is 1.98. The van der Waals surface area contributed by atoms with Gasteiger partial charge < -0.3 is 9.55 Å². The zero-order chi connectivity index (χ0) is 21.1. The van der Waals surface area contributed by atoms with E-state index < -0.39 is 15.7 Å². The Hall–Kier alpha value is -4.41. The third kappa shape index (κ3) is 7.68. The van der Waals surface area contributed by atoms with Gasteiger partial charge in [-0.25, -0.2) is 14.4 Å². The van der Waals surface area contributed by atoms with Crippen molar-refractivity contribution in [2.24, 2.45) is 0 Å². The van der Waals surface area contributed by atoms with E-state index in [1.54, 1.807) is 54.1 Å². The van der Waals surface area contributed by atoms with Gasteiger partial charge in [-0.1, -0.05) is 19.6 Å². The molecule has 0 saturated carbocycles. The maximum atomic E-state index is 12.2. The van der Waals surface area contributed by atoms with Crippen molar-refractivity contribution < 1.29 is 14.2 Å². The Kier molecular flexibility index (Phi) is 9.55. The van der Waals surface area contributed by atoms with Gasteiger partial charge in [-0.2, -0.15) is 0 Å². The molecule has 2 aromatic heterocycles. The highest BCUT2D eigenvalue weighted by atomic mass is 19.1. The number of nitro groups is 2. The molecule has 0 aliphatic heterocycles. The van der Waals surface area contributed by atoms with E-state index in [0.717, 1.165) is 17.8 Å². The van der Waals surface area contributed by atoms with Crippen LogP contribution in [-0.2, 0) is 0 Å². The SMILES string of the molecule is C.O=[N+]([O-])c1cccc(-n2ccnc2)c1.O=[N+]([O-])c1cccc(F)c1.c1c[nH]cn1. The molecule has 1 N–H and O–H groups in total. The van der Waals surface area contributed by atoms with Crippen molar-refractivity contribution in [2.75, 3.05) is 0 Å². The second-order valence-corrected chi connectivity index (χ2v) is 5.24. The fourth-order valence-corrected chi connectivity index (χ4v) is 1.98. The first-order valence-corrected chi connectivity index (χ1v) is 8.03. The Morgan fingerprint density at radius 2 is 1.60 bits per heavy atom. The molecule has 4 rings (SSSR count). The van der Waals surface area contributed by atoms with E-state index in [2.05, 4.69) is 15.0 Å². The lowest BCUT2D eigenvalue weighted by Crippen LogP contribution is -1.92. The molecular weight excluding hydrogens is 395 g/mol. The second kappa shape index (κ2) is 12.1. The lowest BCUT2D eigenvalue weighted by atomic mass is 10.3. The highest BCUT2D eigenvalue weighted by Crippen LogP contribution is 2.16. The largest absolute Gasteiger partial charge is 0.351 e. The summed E-state index contributed by atoms with van der Waals surface area (Å²) in [5.41, 5.74) is 0.591. The van der Waals surface area contributed by atoms with E-state index in [1.807, 2.05) is 0 Å². The standard InChI is InChI=1S/C9H7N3O2.C6H4FNO2.C3H4N2.CH4/c13-12(14)9-3-1-2-8(6-9)11-5-4-10-7-11;7-5-2-1-3-6(4-5)8(9)10;1-2-5-3-4-1;/h1-7H;1-4H;1-3H,(H,4,5);1H4. The van der Waals surface area contributed by atoms with Gasteiger partial charge in [0.25, 0.3) is 11.4 Å². The predicted molar refractivity (Wildman–Crippen MR) is 109 cm³/mol. The molecule has 0 fully saturated rings. The van der Waals surface area contributed by atoms with E-state index >= 15 is 0 Å². The first-order valence-electron chi connectivity index (χ1n) is 8.03. The van der Waals surface area contributed by atoms with E-state index in [-0.39, 0.29) is 18.8 Å². The summed E-state index contributed by atoms with van der Waals surface area (Å²) in [5, 5.41) is 20.5. The third-order valence-electron chi connectivity index (χ3n) is 3.27. The van der Waals surface area contributed by atoms with Crippen molar-refractivity contribution in [1.82, 2.24) is 19.5 Å². The number of halogens is 1. The molecule has 0 unspecified atom stereocenters. The van der Waals surface area contributed by atoms with Gasteiger partial charge >= 0.3 is 0 Å². The van der Waals surface area contributed by atoms with E-state index in [1.165, 1.54) is 24.3 Å². The first kappa shape index (κ1) is 23.6. The minimum Gasteiger partial charge on any atom is -0.351 e. The molecule has 0 spiro atoms. The molecule has 0 aliphatic carbocycles. The van der Waals surface area contributed by atoms with Crippen molar-refractivity contribution >= 4 is 11.4 Å². The number of nitrogens with zero attached hydrogens (tertiary/aromatic N) is 5. The lowest BCUT2D eigenvalue weighted by Gasteiger charge is -2.00. The molecular formula is C19H19FN6O4. The Balaban J connectivity index is 0.000000246. The Labute approximate surface area is 171 Å². The minimum absolute atomic E-state index is 0. The molecule has 2 heterocycles. The number of nitro benzene ring substituents is 2. The Morgan fingerprint density at radius 3 is 2.03 bits per heavy atom. The molecule has 11 heteroatoms. The summed E-state index contributed by atoms with van der Waals surface area (Å²) in [4.78, 5) is 29.7. The number of aromatic nitrogens is 4. The Bertz CT molecular complexity index is 1020. The summed E-state index contributed by atoms with van der Waals surface area (Å²) in [6.07, 6.45) is 10.0. The van der Waals surface area contributed by atoms with Gasteiger partial charge in [-0.05, 0) is 12.1 Å². The molecule has 2 aromatic carbocycles. The fraction of sp³-hybridized carbons (Fsp3) is 0.0526. The number of rotatable bonds is 3. The van der Waals surface area contributed by atoms with Gasteiger partial charge in [0, 0.05) is 43.0 Å². The monoisotopic (exact) mass is 414 g/mol. The molecule has 30 heavy (non-hydrogen) atoms. The van der Waals surface area contributed by atoms with Gasteiger partial charge in [-0.15, -0.1) is 0 Å². The van der Waals surface area contributed by atoms with Crippen LogP contribution >= 0.6 is 0 Å². The average Bonchev–Trinajstić information content (AvgIpc) is 3.45. The number of aromatic amines is 1. The number of hydrogen-bond acceptors (Lipinski definition) is 6. The molecule has 0 saturated heterocycles. The van der Waals surface area contributed by atoms with Gasteiger partial charge in [-0.3, -0.25) is 20.2 Å². The molecule has 10 nitrogen and oxygen atoms in total. The van der Waals surface area contributed by atoms with Gasteiger partial charge in [0.05, 0.1) is 34.3 Å². The van der Waals surface area contributed by atoms with Crippen LogP contribution in [0.3, 0.4) is 0 Å². The molecule has 156 valence electrons. The van der Waals surface area contributed by atoms with Crippen LogP contribution in [0.4, 0.5) is 15.8 Å². The van der Waals surface area contributed by atoms with Crippen LogP contribution in [0.5, 0.6) is 0 Å². The molecule has 0 aliphatic rings. The summed E-state index contributed by atoms with van der Waals surface area (Å²) < 4.78 is 13.9. The topological polar surface area (TPSA) is 133 Å². The summed E-state index contributed by atoms with van der Waals surface area (Å²) in [7, 11) is 0. The van der Waals surface area contributed by atoms with Crippen LogP contribution < -0.4 is 0 Å². The smallest absolute Gasteiger partial charge is 0.272 e. The zero-order valence-electron chi connectivity index (χ0n) is 14.8. The molecule has 0 amide bonds. The van der Waals surface area contributed by atoms with Crippen LogP contribution in [0, 0.1) is 26.0 Å². The zero-order valence-corrected chi connectivity index (χ0v) is 14.8. The molecule has 4 aromatic rings. The summed E-state index contributed by atoms with van der Waals surface area (Å²) in [5.74, 6) is -0.589. The van der Waals surface area contributed by atoms with Gasteiger partial charge in [0.1, 0.15) is 5.82 Å². The van der Waals surface area contributed by atoms with Crippen LogP contribution in [0.1, 0.15) is 7.43 Å². The van der Waals surface area contributed by atoms with E-state index in [0.29, 0.717) is 0 Å². The number of imidazole rings is 2. The van der Waals surface area contributed by atoms with Crippen LogP contribution in [-0.4, -0.2) is 29.4 Å². The quantitative estimate of drug-likeness (QED) is 0.386. The van der Waals surface area contributed by atoms with Crippen molar-refractivity contribution in [2.45, 2.75) is 7.43 Å². The normalized spacial score (nSPS) is 9.10. The maximum absolute atomic E-state index is 12.2. The van der Waals surface area contributed by atoms with Crippen molar-refractivity contribution in [3.05, 3.63) is 112 Å². The van der Waals surface area contributed by atoms with Crippen LogP contribution in [0.2, 0.25) is 0 Å². The van der Waals surface area contributed by atoms with E-state index in [4.69, 9.17) is 0 Å². The van der Waals surface area contributed by atoms with Crippen molar-refractivity contribution in [3.63, 3.8) is 0 Å². The average molecular weight is 414 g/mol. The van der Waals surface area contributed by atoms with Crippen molar-refractivity contribution in [1.29, 1.82) is 0 Å². The summed E-state index contributed by atoms with van der Waals surface area (Å²) >= 11 is 0. The number of non-ortho nitro benzene ring substituents is 2. The maximum Gasteiger partial charge on any atom is 0.272 e. The van der Waals surface area contributed by atoms with Crippen molar-refractivity contribution in [3.8, 4) is 5.69 Å². The highest BCUT2D eigenvalue weighted by Gasteiger charge is 2.06. The number of benzene rings is 2. The predicted octanol–water partition coefficient (Wildman–Crippen LogP) is 4.56. The molecule has 0 bridgehead atoms. The third-order valence-corrected chi connectivity index (χ3v) is 3.27. The number of hydrogen-bond donors (Lipinski definition) is 1.